The fraction of sp³-hybridized carbons (Fsp3) is 0.0625. The highest BCUT2D eigenvalue weighted by Gasteiger charge is 2.16. The molecule has 0 saturated heterocycles. The molecule has 6 heteroatoms. The van der Waals surface area contributed by atoms with Crippen molar-refractivity contribution in [2.75, 3.05) is 0 Å². The van der Waals surface area contributed by atoms with E-state index in [1.165, 1.54) is 47.7 Å². The molecule has 0 fully saturated rings. The molecule has 2 aromatic carbocycles. The lowest BCUT2D eigenvalue weighted by Gasteiger charge is -2.07. The summed E-state index contributed by atoms with van der Waals surface area (Å²) >= 11 is 7.03. The molecule has 2 nitrogen and oxygen atoms in total. The minimum atomic E-state index is -0.935. The van der Waals surface area contributed by atoms with Crippen LogP contribution in [-0.2, 0) is 0 Å². The van der Waals surface area contributed by atoms with Gasteiger partial charge in [-0.05, 0) is 35.9 Å². The van der Waals surface area contributed by atoms with Crippen molar-refractivity contribution in [1.29, 1.82) is 0 Å². The van der Waals surface area contributed by atoms with Gasteiger partial charge in [0.2, 0.25) is 0 Å². The van der Waals surface area contributed by atoms with Gasteiger partial charge in [0.25, 0.3) is 0 Å². The van der Waals surface area contributed by atoms with Crippen LogP contribution in [0.25, 0.3) is 11.3 Å². The van der Waals surface area contributed by atoms with Crippen LogP contribution in [0.2, 0.25) is 5.02 Å². The van der Waals surface area contributed by atoms with E-state index in [1.807, 2.05) is 0 Å². The fourth-order valence-electron chi connectivity index (χ4n) is 1.99. The van der Waals surface area contributed by atoms with Crippen molar-refractivity contribution in [2.24, 2.45) is 0 Å². The fourth-order valence-corrected chi connectivity index (χ4v) is 3.01. The van der Waals surface area contributed by atoms with Crippen LogP contribution in [0.1, 0.15) is 16.7 Å². The zero-order valence-corrected chi connectivity index (χ0v) is 12.7. The maximum absolute atomic E-state index is 13.2. The summed E-state index contributed by atoms with van der Waals surface area (Å²) < 4.78 is 26.1. The third-order valence-corrected chi connectivity index (χ3v) is 4.34. The Labute approximate surface area is 134 Å². The number of hydrogen-bond donors (Lipinski definition) is 1. The summed E-state index contributed by atoms with van der Waals surface area (Å²) in [5.74, 6) is -0.857. The summed E-state index contributed by atoms with van der Waals surface area (Å²) in [7, 11) is 0. The second-order valence-corrected chi connectivity index (χ2v) is 5.95. The molecule has 0 aliphatic heterocycles. The molecular formula is C16H10ClF2NOS. The molecule has 3 aromatic rings. The molecule has 22 heavy (non-hydrogen) atoms. The zero-order chi connectivity index (χ0) is 15.7. The van der Waals surface area contributed by atoms with Gasteiger partial charge in [0.15, 0.2) is 0 Å². The molecule has 0 bridgehead atoms. The molecule has 1 atom stereocenters. The predicted octanol–water partition coefficient (Wildman–Crippen LogP) is 4.82. The predicted molar refractivity (Wildman–Crippen MR) is 83.0 cm³/mol. The second-order valence-electron chi connectivity index (χ2n) is 4.65. The molecule has 1 unspecified atom stereocenters. The van der Waals surface area contributed by atoms with Gasteiger partial charge in [-0.15, -0.1) is 11.3 Å². The quantitative estimate of drug-likeness (QED) is 0.743. The molecule has 112 valence electrons. The normalized spacial score (nSPS) is 12.4. The summed E-state index contributed by atoms with van der Waals surface area (Å²) in [5, 5.41) is 12.5. The van der Waals surface area contributed by atoms with Gasteiger partial charge in [0.1, 0.15) is 22.7 Å². The van der Waals surface area contributed by atoms with E-state index in [0.29, 0.717) is 21.8 Å². The number of aromatic nitrogens is 1. The first-order valence-corrected chi connectivity index (χ1v) is 7.65. The van der Waals surface area contributed by atoms with Crippen molar-refractivity contribution in [3.8, 4) is 11.3 Å². The van der Waals surface area contributed by atoms with Gasteiger partial charge in [0.05, 0.1) is 10.7 Å². The Kier molecular flexibility index (Phi) is 4.20. The number of nitrogens with zero attached hydrogens (tertiary/aromatic N) is 1. The van der Waals surface area contributed by atoms with Crippen molar-refractivity contribution in [2.45, 2.75) is 6.10 Å². The van der Waals surface area contributed by atoms with E-state index < -0.39 is 11.9 Å². The highest BCUT2D eigenvalue weighted by Crippen LogP contribution is 2.30. The highest BCUT2D eigenvalue weighted by atomic mass is 35.5. The molecule has 0 aliphatic carbocycles. The van der Waals surface area contributed by atoms with Crippen LogP contribution < -0.4 is 0 Å². The maximum atomic E-state index is 13.2. The van der Waals surface area contributed by atoms with Crippen LogP contribution in [0, 0.1) is 11.6 Å². The van der Waals surface area contributed by atoms with Crippen LogP contribution in [-0.4, -0.2) is 10.1 Å². The van der Waals surface area contributed by atoms with E-state index in [0.717, 1.165) is 0 Å². The van der Waals surface area contributed by atoms with Crippen LogP contribution in [0.3, 0.4) is 0 Å². The van der Waals surface area contributed by atoms with Crippen molar-refractivity contribution in [3.05, 3.63) is 75.1 Å². The summed E-state index contributed by atoms with van der Waals surface area (Å²) in [6.07, 6.45) is -0.935. The number of aliphatic hydroxyl groups excluding tert-OH is 1. The number of halogens is 3. The molecule has 1 aromatic heterocycles. The molecule has 0 spiro atoms. The van der Waals surface area contributed by atoms with Crippen molar-refractivity contribution in [1.82, 2.24) is 4.98 Å². The van der Waals surface area contributed by atoms with Gasteiger partial charge >= 0.3 is 0 Å². The maximum Gasteiger partial charge on any atom is 0.141 e. The SMILES string of the molecule is OC(c1ccc(F)cc1)c1nc(-c2ccc(F)c(Cl)c2)cs1. The first kappa shape index (κ1) is 15.1. The monoisotopic (exact) mass is 337 g/mol. The Morgan fingerprint density at radius 3 is 2.50 bits per heavy atom. The van der Waals surface area contributed by atoms with Gasteiger partial charge in [-0.1, -0.05) is 23.7 Å². The van der Waals surface area contributed by atoms with E-state index >= 15 is 0 Å². The zero-order valence-electron chi connectivity index (χ0n) is 11.1. The summed E-state index contributed by atoms with van der Waals surface area (Å²) in [5.41, 5.74) is 1.82. The molecule has 1 N–H and O–H groups in total. The Balaban J connectivity index is 1.89. The number of aliphatic hydroxyl groups is 1. The van der Waals surface area contributed by atoms with Crippen molar-refractivity contribution in [3.63, 3.8) is 0 Å². The molecule has 1 heterocycles. The minimum Gasteiger partial charge on any atom is -0.381 e. The third-order valence-electron chi connectivity index (χ3n) is 3.16. The van der Waals surface area contributed by atoms with E-state index in [9.17, 15) is 13.9 Å². The van der Waals surface area contributed by atoms with E-state index in [1.54, 1.807) is 11.4 Å². The first-order chi connectivity index (χ1) is 10.5. The molecule has 3 rings (SSSR count). The summed E-state index contributed by atoms with van der Waals surface area (Å²) in [6.45, 7) is 0. The average Bonchev–Trinajstić information content (AvgIpc) is 3.00. The third kappa shape index (κ3) is 3.02. The Hall–Kier alpha value is -1.82. The number of benzene rings is 2. The topological polar surface area (TPSA) is 33.1 Å². The van der Waals surface area contributed by atoms with Crippen LogP contribution in [0.4, 0.5) is 8.78 Å². The molecule has 0 aliphatic rings. The van der Waals surface area contributed by atoms with Gasteiger partial charge < -0.3 is 5.11 Å². The van der Waals surface area contributed by atoms with Gasteiger partial charge in [0, 0.05) is 10.9 Å². The first-order valence-electron chi connectivity index (χ1n) is 6.39. The Bertz CT molecular complexity index is 804. The van der Waals surface area contributed by atoms with Crippen LogP contribution in [0.15, 0.2) is 47.8 Å². The number of thiazole rings is 1. The van der Waals surface area contributed by atoms with E-state index in [4.69, 9.17) is 11.6 Å². The number of hydrogen-bond acceptors (Lipinski definition) is 3. The van der Waals surface area contributed by atoms with Gasteiger partial charge in [-0.2, -0.15) is 0 Å². The summed E-state index contributed by atoms with van der Waals surface area (Å²) in [6, 6.07) is 9.92. The standard InChI is InChI=1S/C16H10ClF2NOS/c17-12-7-10(3-6-13(12)19)14-8-22-16(20-14)15(21)9-1-4-11(18)5-2-9/h1-8,15,21H. The van der Waals surface area contributed by atoms with Crippen LogP contribution in [0.5, 0.6) is 0 Å². The number of rotatable bonds is 3. The minimum absolute atomic E-state index is 0.0196. The smallest absolute Gasteiger partial charge is 0.141 e. The lowest BCUT2D eigenvalue weighted by atomic mass is 10.1. The second kappa shape index (κ2) is 6.12. The van der Waals surface area contributed by atoms with Crippen molar-refractivity contribution < 1.29 is 13.9 Å². The molecule has 0 saturated carbocycles. The lowest BCUT2D eigenvalue weighted by molar-refractivity contribution is 0.220. The highest BCUT2D eigenvalue weighted by molar-refractivity contribution is 7.10. The van der Waals surface area contributed by atoms with Gasteiger partial charge in [-0.25, -0.2) is 13.8 Å². The van der Waals surface area contributed by atoms with Crippen LogP contribution >= 0.6 is 22.9 Å². The van der Waals surface area contributed by atoms with Crippen molar-refractivity contribution >= 4 is 22.9 Å². The Morgan fingerprint density at radius 1 is 1.09 bits per heavy atom. The molecular weight excluding hydrogens is 328 g/mol. The average molecular weight is 338 g/mol. The lowest BCUT2D eigenvalue weighted by Crippen LogP contribution is -1.99. The van der Waals surface area contributed by atoms with E-state index in [2.05, 4.69) is 4.98 Å². The Morgan fingerprint density at radius 2 is 1.82 bits per heavy atom. The van der Waals surface area contributed by atoms with Gasteiger partial charge in [-0.3, -0.25) is 0 Å². The van der Waals surface area contributed by atoms with E-state index in [-0.39, 0.29) is 10.8 Å². The molecule has 0 radical (unpaired) electrons. The largest absolute Gasteiger partial charge is 0.381 e. The molecule has 0 amide bonds. The summed E-state index contributed by atoms with van der Waals surface area (Å²) in [4.78, 5) is 4.34.